The van der Waals surface area contributed by atoms with Gasteiger partial charge in [0.1, 0.15) is 11.6 Å². The van der Waals surface area contributed by atoms with Gasteiger partial charge in [-0.3, -0.25) is 9.69 Å². The van der Waals surface area contributed by atoms with Crippen molar-refractivity contribution in [3.05, 3.63) is 81.9 Å². The summed E-state index contributed by atoms with van der Waals surface area (Å²) in [6.45, 7) is 2.32. The number of halogens is 3. The van der Waals surface area contributed by atoms with Crippen LogP contribution in [0, 0.1) is 11.6 Å². The third-order valence-corrected chi connectivity index (χ3v) is 4.61. The summed E-state index contributed by atoms with van der Waals surface area (Å²) >= 11 is 5.74. The van der Waals surface area contributed by atoms with Crippen LogP contribution in [0.25, 0.3) is 0 Å². The van der Waals surface area contributed by atoms with E-state index in [4.69, 9.17) is 11.6 Å². The highest BCUT2D eigenvalue weighted by molar-refractivity contribution is 6.30. The van der Waals surface area contributed by atoms with Gasteiger partial charge in [0.25, 0.3) is 0 Å². The Bertz CT molecular complexity index is 838. The minimum absolute atomic E-state index is 0.0432. The van der Waals surface area contributed by atoms with E-state index >= 15 is 0 Å². The average molecular weight is 377 g/mol. The van der Waals surface area contributed by atoms with E-state index in [0.717, 1.165) is 23.2 Å². The van der Waals surface area contributed by atoms with Crippen LogP contribution >= 0.6 is 11.6 Å². The lowest BCUT2D eigenvalue weighted by Crippen LogP contribution is -2.33. The van der Waals surface area contributed by atoms with Crippen LogP contribution in [0.3, 0.4) is 0 Å². The normalized spacial score (nSPS) is 14.8. The Labute approximate surface area is 156 Å². The van der Waals surface area contributed by atoms with Crippen LogP contribution < -0.4 is 5.32 Å². The van der Waals surface area contributed by atoms with Crippen LogP contribution in [0.1, 0.15) is 17.5 Å². The zero-order valence-electron chi connectivity index (χ0n) is 14.1. The third kappa shape index (κ3) is 4.90. The quantitative estimate of drug-likeness (QED) is 0.853. The number of amides is 1. The maximum Gasteiger partial charge on any atom is 0.247 e. The first-order chi connectivity index (χ1) is 12.5. The van der Waals surface area contributed by atoms with Crippen LogP contribution in [0.5, 0.6) is 0 Å². The Morgan fingerprint density at radius 3 is 2.69 bits per heavy atom. The molecule has 0 fully saturated rings. The van der Waals surface area contributed by atoms with Crippen molar-refractivity contribution in [2.24, 2.45) is 0 Å². The van der Waals surface area contributed by atoms with E-state index in [1.165, 1.54) is 24.3 Å². The molecule has 3 nitrogen and oxygen atoms in total. The Morgan fingerprint density at radius 1 is 1.15 bits per heavy atom. The first kappa shape index (κ1) is 18.5. The largest absolute Gasteiger partial charge is 0.348 e. The maximum absolute atomic E-state index is 13.2. The fraction of sp³-hybridized carbons (Fsp3) is 0.250. The van der Waals surface area contributed by atoms with E-state index in [9.17, 15) is 13.6 Å². The molecule has 0 spiro atoms. The van der Waals surface area contributed by atoms with Gasteiger partial charge in [0.15, 0.2) is 0 Å². The van der Waals surface area contributed by atoms with Gasteiger partial charge in [-0.1, -0.05) is 35.9 Å². The average Bonchev–Trinajstić information content (AvgIpc) is 2.63. The van der Waals surface area contributed by atoms with Gasteiger partial charge in [-0.2, -0.15) is 0 Å². The highest BCUT2D eigenvalue weighted by Gasteiger charge is 2.17. The van der Waals surface area contributed by atoms with E-state index in [2.05, 4.69) is 10.2 Å². The van der Waals surface area contributed by atoms with Gasteiger partial charge in [-0.05, 0) is 41.8 Å². The molecule has 1 aliphatic rings. The maximum atomic E-state index is 13.2. The minimum atomic E-state index is -0.477. The Balaban J connectivity index is 1.51. The van der Waals surface area contributed by atoms with E-state index < -0.39 is 5.82 Å². The molecule has 2 aromatic carbocycles. The van der Waals surface area contributed by atoms with Crippen molar-refractivity contribution in [1.82, 2.24) is 10.2 Å². The lowest BCUT2D eigenvalue weighted by Gasteiger charge is -2.26. The van der Waals surface area contributed by atoms with E-state index in [0.29, 0.717) is 26.1 Å². The molecule has 1 aliphatic heterocycles. The first-order valence-corrected chi connectivity index (χ1v) is 8.77. The van der Waals surface area contributed by atoms with Crippen LogP contribution in [-0.4, -0.2) is 23.9 Å². The van der Waals surface area contributed by atoms with Crippen LogP contribution in [0.4, 0.5) is 8.78 Å². The standard InChI is InChI=1S/C20H19ClF2N2O/c21-18-11-14(4-5-19(18)23)12-24-20(26)16-6-8-25(9-7-16)13-15-2-1-3-17(22)10-15/h1-6,10-11H,7-9,12-13H2,(H,24,26). The molecule has 6 heteroatoms. The van der Waals surface area contributed by atoms with Crippen molar-refractivity contribution in [3.63, 3.8) is 0 Å². The van der Waals surface area contributed by atoms with Crippen LogP contribution in [0.15, 0.2) is 54.1 Å². The van der Waals surface area contributed by atoms with Crippen molar-refractivity contribution in [3.8, 4) is 0 Å². The molecular formula is C20H19ClF2N2O. The smallest absolute Gasteiger partial charge is 0.247 e. The minimum Gasteiger partial charge on any atom is -0.348 e. The summed E-state index contributed by atoms with van der Waals surface area (Å²) in [6, 6.07) is 10.9. The second-order valence-electron chi connectivity index (χ2n) is 6.28. The van der Waals surface area contributed by atoms with E-state index in [1.807, 2.05) is 12.1 Å². The number of nitrogens with zero attached hydrogens (tertiary/aromatic N) is 1. The van der Waals surface area contributed by atoms with Gasteiger partial charge in [-0.15, -0.1) is 0 Å². The molecule has 26 heavy (non-hydrogen) atoms. The molecule has 3 rings (SSSR count). The third-order valence-electron chi connectivity index (χ3n) is 4.32. The van der Waals surface area contributed by atoms with Crippen LogP contribution in [0.2, 0.25) is 5.02 Å². The van der Waals surface area contributed by atoms with Gasteiger partial charge >= 0.3 is 0 Å². The molecule has 1 amide bonds. The molecular weight excluding hydrogens is 358 g/mol. The number of rotatable bonds is 5. The second-order valence-corrected chi connectivity index (χ2v) is 6.68. The lowest BCUT2D eigenvalue weighted by atomic mass is 10.1. The molecule has 1 heterocycles. The van der Waals surface area contributed by atoms with Gasteiger partial charge in [-0.25, -0.2) is 8.78 Å². The summed E-state index contributed by atoms with van der Waals surface area (Å²) in [5, 5.41) is 2.87. The number of hydrogen-bond donors (Lipinski definition) is 1. The predicted molar refractivity (Wildman–Crippen MR) is 97.6 cm³/mol. The molecule has 0 bridgehead atoms. The summed E-state index contributed by atoms with van der Waals surface area (Å²) in [4.78, 5) is 14.4. The van der Waals surface area contributed by atoms with Gasteiger partial charge in [0.2, 0.25) is 5.91 Å². The molecule has 136 valence electrons. The Hall–Kier alpha value is -2.24. The number of carbonyl (C=O) groups excluding carboxylic acids is 1. The van der Waals surface area contributed by atoms with Crippen molar-refractivity contribution >= 4 is 17.5 Å². The molecule has 0 aliphatic carbocycles. The molecule has 0 saturated heterocycles. The predicted octanol–water partition coefficient (Wildman–Crippen LogP) is 4.07. The van der Waals surface area contributed by atoms with E-state index in [-0.39, 0.29) is 16.7 Å². The van der Waals surface area contributed by atoms with Crippen LogP contribution in [-0.2, 0) is 17.9 Å². The monoisotopic (exact) mass is 376 g/mol. The highest BCUT2D eigenvalue weighted by atomic mass is 35.5. The fourth-order valence-corrected chi connectivity index (χ4v) is 3.10. The molecule has 0 saturated carbocycles. The van der Waals surface area contributed by atoms with Gasteiger partial charge < -0.3 is 5.32 Å². The van der Waals surface area contributed by atoms with E-state index in [1.54, 1.807) is 12.1 Å². The number of benzene rings is 2. The van der Waals surface area contributed by atoms with Gasteiger partial charge in [0, 0.05) is 31.8 Å². The van der Waals surface area contributed by atoms with Crippen molar-refractivity contribution in [2.45, 2.75) is 19.5 Å². The Kier molecular flexibility index (Phi) is 6.01. The first-order valence-electron chi connectivity index (χ1n) is 8.39. The van der Waals surface area contributed by atoms with Gasteiger partial charge in [0.05, 0.1) is 5.02 Å². The molecule has 0 atom stereocenters. The Morgan fingerprint density at radius 2 is 2.00 bits per heavy atom. The molecule has 2 aromatic rings. The SMILES string of the molecule is O=C(NCc1ccc(F)c(Cl)c1)C1=CCN(Cc2cccc(F)c2)CC1. The number of carbonyl (C=O) groups is 1. The fourth-order valence-electron chi connectivity index (χ4n) is 2.90. The van der Waals surface area contributed by atoms with Crippen molar-refractivity contribution < 1.29 is 13.6 Å². The summed E-state index contributed by atoms with van der Waals surface area (Å²) in [7, 11) is 0. The second kappa shape index (κ2) is 8.43. The zero-order valence-corrected chi connectivity index (χ0v) is 14.9. The zero-order chi connectivity index (χ0) is 18.5. The summed E-state index contributed by atoms with van der Waals surface area (Å²) in [5.74, 6) is -0.845. The lowest BCUT2D eigenvalue weighted by molar-refractivity contribution is -0.117. The summed E-state index contributed by atoms with van der Waals surface area (Å²) in [5.41, 5.74) is 2.39. The molecule has 0 unspecified atom stereocenters. The number of nitrogens with one attached hydrogen (secondary N) is 1. The molecule has 0 aromatic heterocycles. The summed E-state index contributed by atoms with van der Waals surface area (Å²) in [6.07, 6.45) is 2.53. The van der Waals surface area contributed by atoms with Crippen molar-refractivity contribution in [2.75, 3.05) is 13.1 Å². The number of hydrogen-bond acceptors (Lipinski definition) is 2. The summed E-state index contributed by atoms with van der Waals surface area (Å²) < 4.78 is 26.4. The molecule has 0 radical (unpaired) electrons. The van der Waals surface area contributed by atoms with Crippen molar-refractivity contribution in [1.29, 1.82) is 0 Å². The highest BCUT2D eigenvalue weighted by Crippen LogP contribution is 2.17. The topological polar surface area (TPSA) is 32.3 Å². The molecule has 1 N–H and O–H groups in total.